The van der Waals surface area contributed by atoms with E-state index >= 15 is 0 Å². The van der Waals surface area contributed by atoms with Crippen molar-refractivity contribution in [3.05, 3.63) is 0 Å². The summed E-state index contributed by atoms with van der Waals surface area (Å²) in [7, 11) is 0. The van der Waals surface area contributed by atoms with Gasteiger partial charge < -0.3 is 4.74 Å². The Balaban J connectivity index is 6.73. The predicted molar refractivity (Wildman–Crippen MR) is 64.1 cm³/mol. The summed E-state index contributed by atoms with van der Waals surface area (Å²) in [6.07, 6.45) is -40.4. The van der Waals surface area contributed by atoms with Crippen LogP contribution in [0, 0.1) is 0 Å². The van der Waals surface area contributed by atoms with E-state index in [0.29, 0.717) is 13.8 Å². The first-order valence-corrected chi connectivity index (χ1v) is 7.33. The molecule has 0 aromatic heterocycles. The zero-order chi connectivity index (χ0) is 27.3. The molecule has 4 nitrogen and oxygen atoms in total. The molecule has 0 rings (SSSR count). The van der Waals surface area contributed by atoms with Gasteiger partial charge in [-0.2, -0.15) is 74.6 Å². The minimum Gasteiger partial charge on any atom is -0.458 e. The molecular weight excluding hydrogens is 531 g/mol. The molecule has 0 radical (unpaired) electrons. The molecule has 0 fully saturated rings. The summed E-state index contributed by atoms with van der Waals surface area (Å²) in [5.41, 5.74) is 0. The van der Waals surface area contributed by atoms with Gasteiger partial charge in [0.15, 0.2) is 0 Å². The molecule has 0 N–H and O–H groups in total. The lowest BCUT2D eigenvalue weighted by molar-refractivity contribution is -0.548. The third-order valence-corrected chi connectivity index (χ3v) is 2.97. The van der Waals surface area contributed by atoms with Gasteiger partial charge in [0.05, 0.1) is 6.10 Å². The second kappa shape index (κ2) is 8.45. The van der Waals surface area contributed by atoms with E-state index in [1.165, 1.54) is 4.74 Å². The van der Waals surface area contributed by atoms with E-state index in [0.717, 1.165) is 0 Å². The summed E-state index contributed by atoms with van der Waals surface area (Å²) in [6, 6.07) is 0. The van der Waals surface area contributed by atoms with Gasteiger partial charge in [-0.25, -0.2) is 4.79 Å². The first kappa shape index (κ1) is 31.2. The van der Waals surface area contributed by atoms with E-state index in [4.69, 9.17) is 0 Å². The van der Waals surface area contributed by atoms with Crippen LogP contribution in [0.4, 0.5) is 74.6 Å². The van der Waals surface area contributed by atoms with Crippen molar-refractivity contribution in [2.45, 2.75) is 68.3 Å². The molecule has 2 atom stereocenters. The minimum atomic E-state index is -8.04. The fourth-order valence-corrected chi connectivity index (χ4v) is 1.44. The molecule has 0 aliphatic heterocycles. The maximum atomic E-state index is 13.9. The summed E-state index contributed by atoms with van der Waals surface area (Å²) in [5, 5.41) is 0. The van der Waals surface area contributed by atoms with Crippen molar-refractivity contribution in [1.82, 2.24) is 0 Å². The third-order valence-electron chi connectivity index (χ3n) is 2.97. The van der Waals surface area contributed by atoms with E-state index in [9.17, 15) is 79.4 Å². The number of rotatable bonds is 8. The van der Waals surface area contributed by atoms with Crippen molar-refractivity contribution >= 4 is 5.97 Å². The Hall–Kier alpha value is -1.80. The predicted octanol–water partition coefficient (Wildman–Crippen LogP) is 5.81. The zero-order valence-corrected chi connectivity index (χ0v) is 15.1. The van der Waals surface area contributed by atoms with Gasteiger partial charge in [-0.3, -0.25) is 9.47 Å². The highest BCUT2D eigenvalue weighted by atomic mass is 19.4. The van der Waals surface area contributed by atoms with E-state index in [1.54, 1.807) is 0 Å². The summed E-state index contributed by atoms with van der Waals surface area (Å²) < 4.78 is 225. The van der Waals surface area contributed by atoms with Crippen LogP contribution in [0.3, 0.4) is 0 Å². The van der Waals surface area contributed by atoms with Gasteiger partial charge in [0.25, 0.3) is 0 Å². The van der Waals surface area contributed by atoms with Crippen molar-refractivity contribution in [2.75, 3.05) is 0 Å². The van der Waals surface area contributed by atoms with Crippen LogP contribution in [0.2, 0.25) is 0 Å². The molecule has 0 saturated carbocycles. The Labute approximate surface area is 169 Å². The molecule has 0 saturated heterocycles. The standard InChI is InChI=1S/C12H7F17O4/c1-3(2)31-4(30)5(13,8(17,18)19)32-12(28,29)7(16,10(23,24)25)33-11(26,27)6(14,15)9(20,21)22/h3H,1-2H3/t5-,7+/m0/s1. The lowest BCUT2D eigenvalue weighted by atomic mass is 10.2. The average molecular weight is 538 g/mol. The summed E-state index contributed by atoms with van der Waals surface area (Å²) in [4.78, 5) is 11.1. The van der Waals surface area contributed by atoms with Crippen LogP contribution in [-0.2, 0) is 19.0 Å². The van der Waals surface area contributed by atoms with Crippen LogP contribution in [0.1, 0.15) is 13.8 Å². The number of halogens is 17. The van der Waals surface area contributed by atoms with Crippen LogP contribution < -0.4 is 0 Å². The smallest absolute Gasteiger partial charge is 0.458 e. The van der Waals surface area contributed by atoms with Crippen LogP contribution in [-0.4, -0.2) is 60.5 Å². The van der Waals surface area contributed by atoms with E-state index in [1.807, 2.05) is 4.74 Å². The highest BCUT2D eigenvalue weighted by molar-refractivity contribution is 5.79. The van der Waals surface area contributed by atoms with Gasteiger partial charge in [-0.1, -0.05) is 0 Å². The van der Waals surface area contributed by atoms with Crippen LogP contribution >= 0.6 is 0 Å². The summed E-state index contributed by atoms with van der Waals surface area (Å²) >= 11 is 0. The Morgan fingerprint density at radius 1 is 0.576 bits per heavy atom. The van der Waals surface area contributed by atoms with Gasteiger partial charge in [-0.15, -0.1) is 0 Å². The lowest BCUT2D eigenvalue weighted by Crippen LogP contribution is -2.68. The quantitative estimate of drug-likeness (QED) is 0.289. The van der Waals surface area contributed by atoms with Gasteiger partial charge in [-0.05, 0) is 13.8 Å². The molecule has 0 spiro atoms. The average Bonchev–Trinajstić information content (AvgIpc) is 2.49. The minimum absolute atomic E-state index is 0.602. The SMILES string of the molecule is CC(C)OC(=O)[C@](F)(OC(F)(F)[C@](F)(OC(F)(F)C(F)(F)C(F)(F)F)C(F)(F)F)C(F)(F)F. The van der Waals surface area contributed by atoms with E-state index in [-0.39, 0.29) is 0 Å². The molecule has 0 aromatic carbocycles. The third kappa shape index (κ3) is 5.65. The molecule has 198 valence electrons. The molecule has 0 bridgehead atoms. The topological polar surface area (TPSA) is 44.8 Å². The van der Waals surface area contributed by atoms with Crippen LogP contribution in [0.5, 0.6) is 0 Å². The molecular formula is C12H7F17O4. The maximum Gasteiger partial charge on any atom is 0.462 e. The highest BCUT2D eigenvalue weighted by Gasteiger charge is 2.85. The molecule has 0 aliphatic carbocycles. The van der Waals surface area contributed by atoms with Gasteiger partial charge in [0.2, 0.25) is 0 Å². The monoisotopic (exact) mass is 538 g/mol. The van der Waals surface area contributed by atoms with E-state index in [2.05, 4.69) is 4.74 Å². The Morgan fingerprint density at radius 2 is 0.970 bits per heavy atom. The number of alkyl halides is 17. The van der Waals surface area contributed by atoms with Crippen molar-refractivity contribution in [2.24, 2.45) is 0 Å². The molecule has 33 heavy (non-hydrogen) atoms. The Bertz CT molecular complexity index is 708. The Morgan fingerprint density at radius 3 is 1.24 bits per heavy atom. The van der Waals surface area contributed by atoms with Gasteiger partial charge in [0.1, 0.15) is 0 Å². The fourth-order valence-electron chi connectivity index (χ4n) is 1.44. The largest absolute Gasteiger partial charge is 0.462 e. The number of carbonyl (C=O) groups is 1. The maximum absolute atomic E-state index is 13.9. The fraction of sp³-hybridized carbons (Fsp3) is 0.917. The molecule has 21 heteroatoms. The molecule has 0 amide bonds. The second-order valence-electron chi connectivity index (χ2n) is 5.95. The number of hydrogen-bond acceptors (Lipinski definition) is 4. The molecule has 0 heterocycles. The normalized spacial score (nSPS) is 18.7. The molecule has 0 unspecified atom stereocenters. The summed E-state index contributed by atoms with van der Waals surface area (Å²) in [6.45, 7) is 1.20. The summed E-state index contributed by atoms with van der Waals surface area (Å²) in [5.74, 6) is -26.4. The molecule has 0 aromatic rings. The highest BCUT2D eigenvalue weighted by Crippen LogP contribution is 2.56. The second-order valence-corrected chi connectivity index (χ2v) is 5.95. The number of esters is 1. The zero-order valence-electron chi connectivity index (χ0n) is 15.1. The van der Waals surface area contributed by atoms with E-state index < -0.39 is 60.5 Å². The van der Waals surface area contributed by atoms with Crippen molar-refractivity contribution < 1.29 is 93.6 Å². The first-order chi connectivity index (χ1) is 14.0. The van der Waals surface area contributed by atoms with Crippen molar-refractivity contribution in [3.8, 4) is 0 Å². The first-order valence-electron chi connectivity index (χ1n) is 7.33. The van der Waals surface area contributed by atoms with Gasteiger partial charge >= 0.3 is 54.3 Å². The van der Waals surface area contributed by atoms with Gasteiger partial charge in [0, 0.05) is 0 Å². The number of hydrogen-bond donors (Lipinski definition) is 0. The van der Waals surface area contributed by atoms with Crippen molar-refractivity contribution in [3.63, 3.8) is 0 Å². The van der Waals surface area contributed by atoms with Crippen LogP contribution in [0.25, 0.3) is 0 Å². The number of ether oxygens (including phenoxy) is 3. The Kier molecular flexibility index (Phi) is 7.99. The van der Waals surface area contributed by atoms with Crippen LogP contribution in [0.15, 0.2) is 0 Å². The van der Waals surface area contributed by atoms with Crippen molar-refractivity contribution in [1.29, 1.82) is 0 Å². The number of carbonyl (C=O) groups excluding carboxylic acids is 1. The lowest BCUT2D eigenvalue weighted by Gasteiger charge is -2.40. The molecule has 0 aliphatic rings.